The highest BCUT2D eigenvalue weighted by atomic mass is 32.2. The minimum atomic E-state index is -3.31. The van der Waals surface area contributed by atoms with Gasteiger partial charge < -0.3 is 5.32 Å². The van der Waals surface area contributed by atoms with Crippen LogP contribution in [0, 0.1) is 0 Å². The van der Waals surface area contributed by atoms with E-state index in [4.69, 9.17) is 0 Å². The summed E-state index contributed by atoms with van der Waals surface area (Å²) >= 11 is 1.45. The van der Waals surface area contributed by atoms with Crippen LogP contribution in [-0.4, -0.2) is 30.8 Å². The average Bonchev–Trinajstić information content (AvgIpc) is 2.81. The van der Waals surface area contributed by atoms with Crippen molar-refractivity contribution < 1.29 is 13.2 Å². The smallest absolute Gasteiger partial charge is 0.235 e. The molecule has 0 aliphatic heterocycles. The summed E-state index contributed by atoms with van der Waals surface area (Å²) in [5.74, 6) is -0.879. The van der Waals surface area contributed by atoms with Gasteiger partial charge in [-0.2, -0.15) is 0 Å². The molecule has 0 aromatic carbocycles. The van der Waals surface area contributed by atoms with Crippen LogP contribution in [0.4, 0.5) is 0 Å². The lowest BCUT2D eigenvalue weighted by atomic mass is 10.00. The standard InChI is InChI=1S/C12H20N2O3S2/c1-4-8-19(16,17)9-10(15)14-12(3,5-2)11-13-6-7-18-11/h6-7H,4-5,8-9H2,1-3H3,(H,14,15)/t12-/m0/s1. The molecule has 0 spiro atoms. The maximum absolute atomic E-state index is 11.9. The van der Waals surface area contributed by atoms with E-state index in [1.54, 1.807) is 13.1 Å². The lowest BCUT2D eigenvalue weighted by Crippen LogP contribution is -2.45. The van der Waals surface area contributed by atoms with Crippen LogP contribution >= 0.6 is 11.3 Å². The van der Waals surface area contributed by atoms with Crippen molar-refractivity contribution in [1.82, 2.24) is 10.3 Å². The molecule has 1 heterocycles. The number of nitrogens with zero attached hydrogens (tertiary/aromatic N) is 1. The summed E-state index contributed by atoms with van der Waals surface area (Å²) in [5.41, 5.74) is -0.604. The number of hydrogen-bond donors (Lipinski definition) is 1. The molecule has 7 heteroatoms. The summed E-state index contributed by atoms with van der Waals surface area (Å²) < 4.78 is 23.3. The van der Waals surface area contributed by atoms with Crippen molar-refractivity contribution in [3.8, 4) is 0 Å². The molecule has 1 aromatic rings. The van der Waals surface area contributed by atoms with E-state index >= 15 is 0 Å². The second-order valence-corrected chi connectivity index (χ2v) is 7.74. The largest absolute Gasteiger partial charge is 0.344 e. The third kappa shape index (κ3) is 4.58. The van der Waals surface area contributed by atoms with Gasteiger partial charge in [0.05, 0.1) is 11.3 Å². The van der Waals surface area contributed by atoms with Gasteiger partial charge in [0.15, 0.2) is 9.84 Å². The Bertz CT molecular complexity index is 511. The summed E-state index contributed by atoms with van der Waals surface area (Å²) in [6.07, 6.45) is 2.85. The topological polar surface area (TPSA) is 76.1 Å². The van der Waals surface area contributed by atoms with Gasteiger partial charge in [0, 0.05) is 11.6 Å². The third-order valence-corrected chi connectivity index (χ3v) is 5.66. The summed E-state index contributed by atoms with van der Waals surface area (Å²) in [5, 5.41) is 5.41. The fraction of sp³-hybridized carbons (Fsp3) is 0.667. The van der Waals surface area contributed by atoms with E-state index in [1.165, 1.54) is 11.3 Å². The van der Waals surface area contributed by atoms with Gasteiger partial charge >= 0.3 is 0 Å². The minimum absolute atomic E-state index is 0.0422. The van der Waals surface area contributed by atoms with E-state index in [0.29, 0.717) is 12.8 Å². The molecule has 0 radical (unpaired) electrons. The fourth-order valence-corrected chi connectivity index (χ4v) is 3.78. The molecule has 1 N–H and O–H groups in total. The van der Waals surface area contributed by atoms with Crippen molar-refractivity contribution in [3.63, 3.8) is 0 Å². The first-order valence-electron chi connectivity index (χ1n) is 6.24. The van der Waals surface area contributed by atoms with Gasteiger partial charge in [-0.25, -0.2) is 13.4 Å². The number of carbonyl (C=O) groups excluding carboxylic acids is 1. The zero-order valence-corrected chi connectivity index (χ0v) is 13.1. The Kier molecular flexibility index (Phi) is 5.49. The molecular formula is C12H20N2O3S2. The second kappa shape index (κ2) is 6.47. The Balaban J connectivity index is 2.75. The first-order chi connectivity index (χ1) is 8.83. The summed E-state index contributed by atoms with van der Waals surface area (Å²) in [6, 6.07) is 0. The van der Waals surface area contributed by atoms with Crippen LogP contribution in [0.1, 0.15) is 38.6 Å². The second-order valence-electron chi connectivity index (χ2n) is 4.66. The highest BCUT2D eigenvalue weighted by Crippen LogP contribution is 2.26. The number of rotatable bonds is 7. The van der Waals surface area contributed by atoms with E-state index in [1.807, 2.05) is 19.2 Å². The first kappa shape index (κ1) is 16.1. The molecule has 0 saturated heterocycles. The normalized spacial score (nSPS) is 14.9. The third-order valence-electron chi connectivity index (χ3n) is 2.89. The van der Waals surface area contributed by atoms with Crippen LogP contribution in [0.2, 0.25) is 0 Å². The monoisotopic (exact) mass is 304 g/mol. The van der Waals surface area contributed by atoms with E-state index in [2.05, 4.69) is 10.3 Å². The zero-order valence-electron chi connectivity index (χ0n) is 11.5. The molecule has 1 aromatic heterocycles. The van der Waals surface area contributed by atoms with Crippen molar-refractivity contribution in [2.75, 3.05) is 11.5 Å². The molecule has 1 amide bonds. The van der Waals surface area contributed by atoms with Crippen LogP contribution in [0.3, 0.4) is 0 Å². The Morgan fingerprint density at radius 2 is 2.16 bits per heavy atom. The predicted molar refractivity (Wildman–Crippen MR) is 76.8 cm³/mol. The van der Waals surface area contributed by atoms with Gasteiger partial charge in [-0.3, -0.25) is 4.79 Å². The van der Waals surface area contributed by atoms with E-state index in [-0.39, 0.29) is 5.75 Å². The molecule has 19 heavy (non-hydrogen) atoms. The van der Waals surface area contributed by atoms with Crippen molar-refractivity contribution >= 4 is 27.1 Å². The number of aromatic nitrogens is 1. The van der Waals surface area contributed by atoms with E-state index in [9.17, 15) is 13.2 Å². The number of carbonyl (C=O) groups is 1. The molecule has 0 fully saturated rings. The zero-order chi connectivity index (χ0) is 14.5. The molecule has 1 atom stereocenters. The van der Waals surface area contributed by atoms with Crippen molar-refractivity contribution in [3.05, 3.63) is 16.6 Å². The molecule has 108 valence electrons. The Labute approximate surface area is 118 Å². The van der Waals surface area contributed by atoms with Crippen LogP contribution in [0.25, 0.3) is 0 Å². The van der Waals surface area contributed by atoms with Gasteiger partial charge in [0.1, 0.15) is 10.8 Å². The molecule has 0 saturated carbocycles. The Morgan fingerprint density at radius 1 is 1.47 bits per heavy atom. The van der Waals surface area contributed by atoms with Gasteiger partial charge in [-0.05, 0) is 19.8 Å². The van der Waals surface area contributed by atoms with Gasteiger partial charge in [-0.1, -0.05) is 13.8 Å². The van der Waals surface area contributed by atoms with Crippen LogP contribution in [0.15, 0.2) is 11.6 Å². The first-order valence-corrected chi connectivity index (χ1v) is 8.94. The van der Waals surface area contributed by atoms with Crippen LogP contribution in [0.5, 0.6) is 0 Å². The number of sulfone groups is 1. The van der Waals surface area contributed by atoms with Crippen molar-refractivity contribution in [2.45, 2.75) is 39.2 Å². The van der Waals surface area contributed by atoms with Crippen molar-refractivity contribution in [1.29, 1.82) is 0 Å². The van der Waals surface area contributed by atoms with Crippen LogP contribution in [-0.2, 0) is 20.2 Å². The molecule has 0 aliphatic carbocycles. The predicted octanol–water partition coefficient (Wildman–Crippen LogP) is 1.71. The maximum atomic E-state index is 11.9. The lowest BCUT2D eigenvalue weighted by molar-refractivity contribution is -0.120. The molecule has 0 bridgehead atoms. The molecule has 0 aliphatic rings. The Hall–Kier alpha value is -0.950. The SMILES string of the molecule is CCCS(=O)(=O)CC(=O)N[C@@](C)(CC)c1nccs1. The van der Waals surface area contributed by atoms with Crippen LogP contribution < -0.4 is 5.32 Å². The number of amides is 1. The molecule has 0 unspecified atom stereocenters. The van der Waals surface area contributed by atoms with E-state index < -0.39 is 27.0 Å². The van der Waals surface area contributed by atoms with Gasteiger partial charge in [0.2, 0.25) is 5.91 Å². The lowest BCUT2D eigenvalue weighted by Gasteiger charge is -2.27. The quantitative estimate of drug-likeness (QED) is 0.832. The molecule has 1 rings (SSSR count). The van der Waals surface area contributed by atoms with Gasteiger partial charge in [0.25, 0.3) is 0 Å². The minimum Gasteiger partial charge on any atom is -0.344 e. The molecule has 5 nitrogen and oxygen atoms in total. The average molecular weight is 304 g/mol. The number of thiazole rings is 1. The van der Waals surface area contributed by atoms with E-state index in [0.717, 1.165) is 5.01 Å². The summed E-state index contributed by atoms with van der Waals surface area (Å²) in [4.78, 5) is 16.1. The summed E-state index contributed by atoms with van der Waals surface area (Å²) in [6.45, 7) is 5.57. The highest BCUT2D eigenvalue weighted by Gasteiger charge is 2.30. The molecular weight excluding hydrogens is 284 g/mol. The maximum Gasteiger partial charge on any atom is 0.235 e. The number of nitrogens with one attached hydrogen (secondary N) is 1. The van der Waals surface area contributed by atoms with Gasteiger partial charge in [-0.15, -0.1) is 11.3 Å². The number of hydrogen-bond acceptors (Lipinski definition) is 5. The van der Waals surface area contributed by atoms with Crippen molar-refractivity contribution in [2.24, 2.45) is 0 Å². The Morgan fingerprint density at radius 3 is 2.63 bits per heavy atom. The summed E-state index contributed by atoms with van der Waals surface area (Å²) in [7, 11) is -3.31. The fourth-order valence-electron chi connectivity index (χ4n) is 1.72. The highest BCUT2D eigenvalue weighted by molar-refractivity contribution is 7.92.